The fourth-order valence-corrected chi connectivity index (χ4v) is 1.60. The molecule has 0 saturated heterocycles. The summed E-state index contributed by atoms with van der Waals surface area (Å²) in [5.41, 5.74) is 3.75. The molecule has 0 aliphatic carbocycles. The van der Waals surface area contributed by atoms with E-state index in [-0.39, 0.29) is 0 Å². The maximum atomic E-state index is 4.47. The van der Waals surface area contributed by atoms with Gasteiger partial charge in [-0.2, -0.15) is 5.10 Å². The molecule has 2 rings (SSSR count). The highest BCUT2D eigenvalue weighted by atomic mass is 15.5. The molecular weight excluding hydrogens is 160 g/mol. The SMILES string of the molecule is CC1=NN(c2ccccc2C)CC1. The van der Waals surface area contributed by atoms with Crippen LogP contribution >= 0.6 is 0 Å². The van der Waals surface area contributed by atoms with E-state index in [4.69, 9.17) is 0 Å². The molecule has 1 heterocycles. The van der Waals surface area contributed by atoms with Gasteiger partial charge in [-0.3, -0.25) is 5.01 Å². The van der Waals surface area contributed by atoms with E-state index in [0.717, 1.165) is 13.0 Å². The number of hydrogen-bond donors (Lipinski definition) is 0. The van der Waals surface area contributed by atoms with Crippen LogP contribution in [0.5, 0.6) is 0 Å². The molecule has 1 aromatic rings. The number of aryl methyl sites for hydroxylation is 1. The Balaban J connectivity index is 2.31. The number of anilines is 1. The molecule has 0 atom stereocenters. The second-order valence-corrected chi connectivity index (χ2v) is 3.49. The fourth-order valence-electron chi connectivity index (χ4n) is 1.60. The first kappa shape index (κ1) is 8.30. The zero-order valence-corrected chi connectivity index (χ0v) is 8.12. The monoisotopic (exact) mass is 174 g/mol. The minimum atomic E-state index is 1.02. The minimum Gasteiger partial charge on any atom is -0.265 e. The highest BCUT2D eigenvalue weighted by Crippen LogP contribution is 2.22. The highest BCUT2D eigenvalue weighted by Gasteiger charge is 2.13. The largest absolute Gasteiger partial charge is 0.265 e. The van der Waals surface area contributed by atoms with Crippen LogP contribution in [0.4, 0.5) is 5.69 Å². The van der Waals surface area contributed by atoms with E-state index in [9.17, 15) is 0 Å². The van der Waals surface area contributed by atoms with Crippen molar-refractivity contribution >= 4 is 11.4 Å². The summed E-state index contributed by atoms with van der Waals surface area (Å²) in [7, 11) is 0. The second kappa shape index (κ2) is 3.21. The van der Waals surface area contributed by atoms with Gasteiger partial charge in [0.15, 0.2) is 0 Å². The number of hydrazone groups is 1. The molecule has 0 spiro atoms. The van der Waals surface area contributed by atoms with Gasteiger partial charge in [0.05, 0.1) is 5.69 Å². The quantitative estimate of drug-likeness (QED) is 0.639. The van der Waals surface area contributed by atoms with E-state index in [1.54, 1.807) is 0 Å². The lowest BCUT2D eigenvalue weighted by molar-refractivity contribution is 0.916. The third kappa shape index (κ3) is 1.57. The Bertz CT molecular complexity index is 342. The molecule has 1 aliphatic heterocycles. The van der Waals surface area contributed by atoms with Gasteiger partial charge in [0.1, 0.15) is 0 Å². The number of benzene rings is 1. The number of para-hydroxylation sites is 1. The van der Waals surface area contributed by atoms with Gasteiger partial charge in [-0.15, -0.1) is 0 Å². The lowest BCUT2D eigenvalue weighted by Gasteiger charge is -2.15. The summed E-state index contributed by atoms with van der Waals surface area (Å²) < 4.78 is 0. The molecule has 13 heavy (non-hydrogen) atoms. The third-order valence-electron chi connectivity index (χ3n) is 2.37. The summed E-state index contributed by atoms with van der Waals surface area (Å²) in [6.45, 7) is 5.23. The Kier molecular flexibility index (Phi) is 2.05. The molecule has 0 saturated carbocycles. The van der Waals surface area contributed by atoms with Crippen molar-refractivity contribution in [3.63, 3.8) is 0 Å². The smallest absolute Gasteiger partial charge is 0.0623 e. The van der Waals surface area contributed by atoms with Gasteiger partial charge in [-0.25, -0.2) is 0 Å². The van der Waals surface area contributed by atoms with Gasteiger partial charge in [0.2, 0.25) is 0 Å². The van der Waals surface area contributed by atoms with Crippen molar-refractivity contribution < 1.29 is 0 Å². The molecule has 0 N–H and O–H groups in total. The number of nitrogens with zero attached hydrogens (tertiary/aromatic N) is 2. The first-order valence-electron chi connectivity index (χ1n) is 4.64. The van der Waals surface area contributed by atoms with Crippen molar-refractivity contribution in [3.05, 3.63) is 29.8 Å². The second-order valence-electron chi connectivity index (χ2n) is 3.49. The van der Waals surface area contributed by atoms with Crippen molar-refractivity contribution in [2.24, 2.45) is 5.10 Å². The predicted molar refractivity (Wildman–Crippen MR) is 56.3 cm³/mol. The maximum absolute atomic E-state index is 4.47. The molecule has 68 valence electrons. The third-order valence-corrected chi connectivity index (χ3v) is 2.37. The summed E-state index contributed by atoms with van der Waals surface area (Å²) in [5, 5.41) is 6.56. The zero-order valence-electron chi connectivity index (χ0n) is 8.12. The molecule has 0 fully saturated rings. The topological polar surface area (TPSA) is 15.6 Å². The molecular formula is C11H14N2. The van der Waals surface area contributed by atoms with Crippen LogP contribution in [0.15, 0.2) is 29.4 Å². The normalized spacial score (nSPS) is 16.2. The van der Waals surface area contributed by atoms with Gasteiger partial charge >= 0.3 is 0 Å². The summed E-state index contributed by atoms with van der Waals surface area (Å²) in [6.07, 6.45) is 1.09. The van der Waals surface area contributed by atoms with Crippen molar-refractivity contribution in [2.75, 3.05) is 11.6 Å². The average molecular weight is 174 g/mol. The van der Waals surface area contributed by atoms with Crippen LogP contribution in [-0.2, 0) is 0 Å². The number of hydrogen-bond acceptors (Lipinski definition) is 2. The molecule has 0 unspecified atom stereocenters. The van der Waals surface area contributed by atoms with E-state index >= 15 is 0 Å². The summed E-state index contributed by atoms with van der Waals surface area (Å²) in [4.78, 5) is 0. The Morgan fingerprint density at radius 3 is 2.62 bits per heavy atom. The molecule has 0 bridgehead atoms. The first-order valence-corrected chi connectivity index (χ1v) is 4.64. The first-order chi connectivity index (χ1) is 6.27. The molecule has 0 amide bonds. The summed E-state index contributed by atoms with van der Waals surface area (Å²) in [6, 6.07) is 8.37. The van der Waals surface area contributed by atoms with Crippen LogP contribution < -0.4 is 5.01 Å². The lowest BCUT2D eigenvalue weighted by atomic mass is 10.2. The van der Waals surface area contributed by atoms with Gasteiger partial charge < -0.3 is 0 Å². The number of rotatable bonds is 1. The molecule has 2 nitrogen and oxygen atoms in total. The van der Waals surface area contributed by atoms with E-state index in [2.05, 4.69) is 48.2 Å². The van der Waals surface area contributed by atoms with Gasteiger partial charge in [-0.1, -0.05) is 18.2 Å². The van der Waals surface area contributed by atoms with E-state index in [1.165, 1.54) is 17.0 Å². The molecule has 0 radical (unpaired) electrons. The lowest BCUT2D eigenvalue weighted by Crippen LogP contribution is -2.12. The maximum Gasteiger partial charge on any atom is 0.0623 e. The van der Waals surface area contributed by atoms with Crippen molar-refractivity contribution in [1.29, 1.82) is 0 Å². The minimum absolute atomic E-state index is 1.02. The van der Waals surface area contributed by atoms with Crippen LogP contribution in [0.25, 0.3) is 0 Å². The van der Waals surface area contributed by atoms with Crippen molar-refractivity contribution in [3.8, 4) is 0 Å². The van der Waals surface area contributed by atoms with Crippen LogP contribution in [0.1, 0.15) is 18.9 Å². The molecule has 0 aromatic heterocycles. The van der Waals surface area contributed by atoms with Crippen molar-refractivity contribution in [1.82, 2.24) is 0 Å². The predicted octanol–water partition coefficient (Wildman–Crippen LogP) is 2.58. The standard InChI is InChI=1S/C11H14N2/c1-9-5-3-4-6-11(9)13-8-7-10(2)12-13/h3-6H,7-8H2,1-2H3. The van der Waals surface area contributed by atoms with E-state index in [0.29, 0.717) is 0 Å². The van der Waals surface area contributed by atoms with Gasteiger partial charge in [0.25, 0.3) is 0 Å². The fraction of sp³-hybridized carbons (Fsp3) is 0.364. The highest BCUT2D eigenvalue weighted by molar-refractivity contribution is 5.85. The average Bonchev–Trinajstić information content (AvgIpc) is 2.53. The Morgan fingerprint density at radius 1 is 1.23 bits per heavy atom. The Morgan fingerprint density at radius 2 is 2.00 bits per heavy atom. The van der Waals surface area contributed by atoms with E-state index in [1.807, 2.05) is 0 Å². The summed E-state index contributed by atoms with van der Waals surface area (Å²) >= 11 is 0. The Labute approximate surface area is 78.9 Å². The van der Waals surface area contributed by atoms with Gasteiger partial charge in [0, 0.05) is 18.7 Å². The van der Waals surface area contributed by atoms with Crippen LogP contribution in [0, 0.1) is 6.92 Å². The summed E-state index contributed by atoms with van der Waals surface area (Å²) in [5.74, 6) is 0. The Hall–Kier alpha value is -1.31. The van der Waals surface area contributed by atoms with Crippen molar-refractivity contribution in [2.45, 2.75) is 20.3 Å². The van der Waals surface area contributed by atoms with E-state index < -0.39 is 0 Å². The molecule has 2 heteroatoms. The molecule has 1 aromatic carbocycles. The van der Waals surface area contributed by atoms with Crippen LogP contribution in [0.2, 0.25) is 0 Å². The van der Waals surface area contributed by atoms with Gasteiger partial charge in [-0.05, 0) is 25.5 Å². The van der Waals surface area contributed by atoms with Crippen LogP contribution in [-0.4, -0.2) is 12.3 Å². The van der Waals surface area contributed by atoms with Crippen LogP contribution in [0.3, 0.4) is 0 Å². The zero-order chi connectivity index (χ0) is 9.26. The molecule has 1 aliphatic rings.